The fraction of sp³-hybridized carbons (Fsp3) is 0.294. The van der Waals surface area contributed by atoms with E-state index in [1.165, 1.54) is 0 Å². The Labute approximate surface area is 159 Å². The van der Waals surface area contributed by atoms with E-state index in [1.807, 2.05) is 10.8 Å². The van der Waals surface area contributed by atoms with Crippen LogP contribution >= 0.6 is 11.6 Å². The number of amides is 1. The minimum absolute atomic E-state index is 0.280. The van der Waals surface area contributed by atoms with E-state index in [4.69, 9.17) is 21.4 Å². The number of fused-ring (bicyclic) bond motifs is 2. The smallest absolute Gasteiger partial charge is 0.305 e. The summed E-state index contributed by atoms with van der Waals surface area (Å²) in [4.78, 5) is 33.1. The van der Waals surface area contributed by atoms with Crippen LogP contribution in [0.2, 0.25) is 5.02 Å². The van der Waals surface area contributed by atoms with Crippen molar-refractivity contribution in [3.05, 3.63) is 41.4 Å². The standard InChI is InChI=1S/C17H16ClN5O4/c18-15-10-8-23-12(7-14(24)25)16(26)21-17(23)20-11(10)1-2-13(15)27-6-5-22-4-3-19-9-22/h1-4,9,12H,5-8H2,(H,24,25)(H,20,21,26). The van der Waals surface area contributed by atoms with Gasteiger partial charge in [-0.05, 0) is 12.1 Å². The number of hydrogen-bond acceptors (Lipinski definition) is 6. The molecule has 1 amide bonds. The molecule has 2 N–H and O–H groups in total. The fourth-order valence-corrected chi connectivity index (χ4v) is 3.39. The Balaban J connectivity index is 1.53. The van der Waals surface area contributed by atoms with Crippen LogP contribution in [0.1, 0.15) is 12.0 Å². The summed E-state index contributed by atoms with van der Waals surface area (Å²) in [6.45, 7) is 1.32. The molecule has 1 atom stereocenters. The van der Waals surface area contributed by atoms with Crippen molar-refractivity contribution >= 4 is 35.1 Å². The lowest BCUT2D eigenvalue weighted by molar-refractivity contribution is -0.140. The van der Waals surface area contributed by atoms with Crippen LogP contribution in [-0.2, 0) is 22.7 Å². The molecular weight excluding hydrogens is 374 g/mol. The predicted octanol–water partition coefficient (Wildman–Crippen LogP) is 1.39. The molecule has 2 aliphatic rings. The molecule has 1 aromatic heterocycles. The third-order valence-electron chi connectivity index (χ3n) is 4.46. The lowest BCUT2D eigenvalue weighted by atomic mass is 10.1. The second-order valence-corrected chi connectivity index (χ2v) is 6.57. The number of halogens is 1. The highest BCUT2D eigenvalue weighted by molar-refractivity contribution is 6.33. The van der Waals surface area contributed by atoms with Crippen LogP contribution in [0.15, 0.2) is 35.8 Å². The van der Waals surface area contributed by atoms with Gasteiger partial charge in [0.2, 0.25) is 11.9 Å². The number of nitrogens with zero attached hydrogens (tertiary/aromatic N) is 4. The van der Waals surface area contributed by atoms with Gasteiger partial charge < -0.3 is 19.3 Å². The highest BCUT2D eigenvalue weighted by Crippen LogP contribution is 2.39. The average molecular weight is 390 g/mol. The second-order valence-electron chi connectivity index (χ2n) is 6.19. The number of carboxylic acid groups (broad SMARTS) is 1. The van der Waals surface area contributed by atoms with Gasteiger partial charge in [0.1, 0.15) is 18.4 Å². The van der Waals surface area contributed by atoms with Gasteiger partial charge in [0.25, 0.3) is 0 Å². The number of ether oxygens (including phenoxy) is 1. The van der Waals surface area contributed by atoms with Crippen molar-refractivity contribution in [3.8, 4) is 5.75 Å². The van der Waals surface area contributed by atoms with Crippen LogP contribution in [0, 0.1) is 0 Å². The van der Waals surface area contributed by atoms with Crippen molar-refractivity contribution in [1.29, 1.82) is 0 Å². The third kappa shape index (κ3) is 3.33. The van der Waals surface area contributed by atoms with Gasteiger partial charge in [-0.1, -0.05) is 11.6 Å². The van der Waals surface area contributed by atoms with E-state index in [0.717, 1.165) is 0 Å². The van der Waals surface area contributed by atoms with Crippen molar-refractivity contribution in [3.63, 3.8) is 0 Å². The van der Waals surface area contributed by atoms with E-state index >= 15 is 0 Å². The van der Waals surface area contributed by atoms with Gasteiger partial charge in [-0.25, -0.2) is 9.98 Å². The van der Waals surface area contributed by atoms with Crippen molar-refractivity contribution in [2.75, 3.05) is 6.61 Å². The van der Waals surface area contributed by atoms with Crippen molar-refractivity contribution in [2.45, 2.75) is 25.6 Å². The molecule has 10 heteroatoms. The Hall–Kier alpha value is -3.07. The zero-order valence-corrected chi connectivity index (χ0v) is 14.9. The lowest BCUT2D eigenvalue weighted by Crippen LogP contribution is -2.38. The summed E-state index contributed by atoms with van der Waals surface area (Å²) in [6, 6.07) is 2.70. The number of hydrogen-bond donors (Lipinski definition) is 2. The Kier molecular flexibility index (Phi) is 4.44. The van der Waals surface area contributed by atoms with Crippen molar-refractivity contribution in [2.24, 2.45) is 4.99 Å². The molecule has 0 saturated carbocycles. The number of aliphatic imine (C=N–C) groups is 1. The first kappa shape index (κ1) is 17.3. The maximum Gasteiger partial charge on any atom is 0.305 e. The number of benzene rings is 1. The second kappa shape index (κ2) is 6.92. The molecule has 2 aliphatic heterocycles. The summed E-state index contributed by atoms with van der Waals surface area (Å²) >= 11 is 6.51. The summed E-state index contributed by atoms with van der Waals surface area (Å²) in [7, 11) is 0. The summed E-state index contributed by atoms with van der Waals surface area (Å²) in [5.41, 5.74) is 1.33. The zero-order chi connectivity index (χ0) is 19.0. The molecule has 0 spiro atoms. The molecule has 27 heavy (non-hydrogen) atoms. The van der Waals surface area contributed by atoms with Crippen LogP contribution in [0.5, 0.6) is 5.75 Å². The average Bonchev–Trinajstić information content (AvgIpc) is 3.24. The number of nitrogens with one attached hydrogen (secondary N) is 1. The molecule has 140 valence electrons. The van der Waals surface area contributed by atoms with E-state index in [2.05, 4.69) is 15.3 Å². The summed E-state index contributed by atoms with van der Waals surface area (Å²) < 4.78 is 7.67. The number of guanidine groups is 1. The first-order chi connectivity index (χ1) is 13.0. The maximum atomic E-state index is 12.1. The van der Waals surface area contributed by atoms with E-state index in [0.29, 0.717) is 41.1 Å². The van der Waals surface area contributed by atoms with E-state index in [1.54, 1.807) is 29.6 Å². The molecule has 1 fully saturated rings. The van der Waals surface area contributed by atoms with Gasteiger partial charge >= 0.3 is 5.97 Å². The van der Waals surface area contributed by atoms with Crippen LogP contribution in [0.3, 0.4) is 0 Å². The third-order valence-corrected chi connectivity index (χ3v) is 4.87. The fourth-order valence-electron chi connectivity index (χ4n) is 3.12. The first-order valence-electron chi connectivity index (χ1n) is 8.31. The monoisotopic (exact) mass is 389 g/mol. The molecule has 1 unspecified atom stereocenters. The number of carbonyl (C=O) groups is 2. The molecule has 4 rings (SSSR count). The van der Waals surface area contributed by atoms with Crippen LogP contribution < -0.4 is 10.1 Å². The van der Waals surface area contributed by atoms with Gasteiger partial charge in [-0.15, -0.1) is 0 Å². The SMILES string of the molecule is O=C(O)CC1C(=O)NC2=Nc3ccc(OCCn4ccnc4)c(Cl)c3CN21. The Bertz CT molecular complexity index is 928. The minimum Gasteiger partial charge on any atom is -0.490 e. The van der Waals surface area contributed by atoms with Gasteiger partial charge in [0.15, 0.2) is 0 Å². The zero-order valence-electron chi connectivity index (χ0n) is 14.1. The number of aliphatic carboxylic acids is 1. The summed E-state index contributed by atoms with van der Waals surface area (Å²) in [5, 5.41) is 12.1. The van der Waals surface area contributed by atoms with Gasteiger partial charge in [0, 0.05) is 18.0 Å². The highest BCUT2D eigenvalue weighted by atomic mass is 35.5. The highest BCUT2D eigenvalue weighted by Gasteiger charge is 2.40. The topological polar surface area (TPSA) is 109 Å². The normalized spacial score (nSPS) is 17.8. The van der Waals surface area contributed by atoms with Crippen LogP contribution in [0.25, 0.3) is 0 Å². The number of carbonyl (C=O) groups excluding carboxylic acids is 1. The number of rotatable bonds is 6. The van der Waals surface area contributed by atoms with E-state index < -0.39 is 12.0 Å². The molecule has 9 nitrogen and oxygen atoms in total. The Morgan fingerprint density at radius 3 is 3.04 bits per heavy atom. The van der Waals surface area contributed by atoms with Gasteiger partial charge in [-0.3, -0.25) is 14.9 Å². The van der Waals surface area contributed by atoms with E-state index in [9.17, 15) is 9.59 Å². The number of aromatic nitrogens is 2. The molecule has 0 aliphatic carbocycles. The van der Waals surface area contributed by atoms with E-state index in [-0.39, 0.29) is 18.9 Å². The largest absolute Gasteiger partial charge is 0.490 e. The molecule has 3 heterocycles. The molecule has 2 aromatic rings. The molecule has 1 aromatic carbocycles. The molecule has 0 bridgehead atoms. The van der Waals surface area contributed by atoms with Crippen molar-refractivity contribution < 1.29 is 19.4 Å². The quantitative estimate of drug-likeness (QED) is 0.772. The van der Waals surface area contributed by atoms with Crippen molar-refractivity contribution in [1.82, 2.24) is 19.8 Å². The molecule has 0 radical (unpaired) electrons. The van der Waals surface area contributed by atoms with Gasteiger partial charge in [-0.2, -0.15) is 0 Å². The van der Waals surface area contributed by atoms with Gasteiger partial charge in [0.05, 0.1) is 36.5 Å². The Morgan fingerprint density at radius 2 is 2.30 bits per heavy atom. The number of imidazole rings is 1. The summed E-state index contributed by atoms with van der Waals surface area (Å²) in [6.07, 6.45) is 4.93. The number of carboxylic acids is 1. The van der Waals surface area contributed by atoms with Crippen LogP contribution in [-0.4, -0.2) is 50.0 Å². The molecular formula is C17H16ClN5O4. The predicted molar refractivity (Wildman–Crippen MR) is 96.0 cm³/mol. The molecule has 1 saturated heterocycles. The Morgan fingerprint density at radius 1 is 1.44 bits per heavy atom. The first-order valence-corrected chi connectivity index (χ1v) is 8.68. The van der Waals surface area contributed by atoms with Crippen LogP contribution in [0.4, 0.5) is 5.69 Å². The minimum atomic E-state index is -1.05. The summed E-state index contributed by atoms with van der Waals surface area (Å²) in [5.74, 6) is -0.562. The lowest BCUT2D eigenvalue weighted by Gasteiger charge is -2.28. The maximum absolute atomic E-state index is 12.1.